The van der Waals surface area contributed by atoms with Crippen molar-refractivity contribution in [3.63, 3.8) is 0 Å². The van der Waals surface area contributed by atoms with Crippen LogP contribution in [0.1, 0.15) is 44.1 Å². The van der Waals surface area contributed by atoms with Gasteiger partial charge in [-0.25, -0.2) is 9.07 Å². The molecule has 0 N–H and O–H groups in total. The van der Waals surface area contributed by atoms with Crippen LogP contribution in [0.2, 0.25) is 0 Å². The molecule has 0 atom stereocenters. The maximum absolute atomic E-state index is 13.3. The van der Waals surface area contributed by atoms with Gasteiger partial charge >= 0.3 is 5.97 Å². The van der Waals surface area contributed by atoms with Crippen molar-refractivity contribution < 1.29 is 18.7 Å². The number of rotatable bonds is 8. The third-order valence-electron chi connectivity index (χ3n) is 6.12. The molecule has 1 saturated carbocycles. The molecular formula is C25H27FN4O4. The Morgan fingerprint density at radius 2 is 1.79 bits per heavy atom. The van der Waals surface area contributed by atoms with Crippen molar-refractivity contribution in [1.82, 2.24) is 19.9 Å². The van der Waals surface area contributed by atoms with Gasteiger partial charge in [-0.05, 0) is 42.7 Å². The predicted octanol–water partition coefficient (Wildman–Crippen LogP) is 3.23. The molecule has 178 valence electrons. The van der Waals surface area contributed by atoms with Crippen LogP contribution in [-0.2, 0) is 27.4 Å². The van der Waals surface area contributed by atoms with E-state index in [1.807, 2.05) is 0 Å². The highest BCUT2D eigenvalue weighted by molar-refractivity contribution is 5.81. The summed E-state index contributed by atoms with van der Waals surface area (Å²) in [5.41, 5.74) is 0.971. The largest absolute Gasteiger partial charge is 0.456 e. The summed E-state index contributed by atoms with van der Waals surface area (Å²) < 4.78 is 19.6. The summed E-state index contributed by atoms with van der Waals surface area (Å²) in [6.45, 7) is -0.0379. The molecule has 0 aliphatic heterocycles. The lowest BCUT2D eigenvalue weighted by molar-refractivity contribution is -0.153. The van der Waals surface area contributed by atoms with E-state index in [1.54, 1.807) is 41.3 Å². The van der Waals surface area contributed by atoms with Crippen LogP contribution in [0.3, 0.4) is 0 Å². The number of esters is 1. The molecule has 0 saturated heterocycles. The van der Waals surface area contributed by atoms with Crippen LogP contribution >= 0.6 is 0 Å². The molecule has 1 heterocycles. The lowest BCUT2D eigenvalue weighted by Gasteiger charge is -2.34. The molecule has 3 aromatic rings. The van der Waals surface area contributed by atoms with Crippen LogP contribution < -0.4 is 5.56 Å². The first-order valence-electron chi connectivity index (χ1n) is 11.5. The Kier molecular flexibility index (Phi) is 7.61. The van der Waals surface area contributed by atoms with E-state index in [2.05, 4.69) is 10.3 Å². The molecule has 1 fully saturated rings. The summed E-state index contributed by atoms with van der Waals surface area (Å²) in [6, 6.07) is 13.0. The standard InChI is InChI=1S/C25H27FN4O4/c26-19-12-10-18(11-13-19)16-29(20-6-2-1-3-7-20)23(31)17-34-24(32)14-15-30-25(33)21-8-4-5-9-22(21)27-28-30/h4-5,8-13,20H,1-3,6-7,14-17H2. The second-order valence-electron chi connectivity index (χ2n) is 8.49. The topological polar surface area (TPSA) is 94.4 Å². The lowest BCUT2D eigenvalue weighted by atomic mass is 9.93. The van der Waals surface area contributed by atoms with Gasteiger partial charge in [-0.15, -0.1) is 5.10 Å². The molecule has 1 aliphatic carbocycles. The Balaban J connectivity index is 1.35. The van der Waals surface area contributed by atoms with Crippen LogP contribution in [0.5, 0.6) is 0 Å². The number of amides is 1. The van der Waals surface area contributed by atoms with Crippen molar-refractivity contribution in [1.29, 1.82) is 0 Å². The third-order valence-corrected chi connectivity index (χ3v) is 6.12. The molecule has 34 heavy (non-hydrogen) atoms. The molecular weight excluding hydrogens is 439 g/mol. The molecule has 1 amide bonds. The minimum absolute atomic E-state index is 0.00557. The summed E-state index contributed by atoms with van der Waals surface area (Å²) in [7, 11) is 0. The Morgan fingerprint density at radius 3 is 2.56 bits per heavy atom. The van der Waals surface area contributed by atoms with E-state index in [4.69, 9.17) is 4.74 Å². The number of aryl methyl sites for hydroxylation is 1. The van der Waals surface area contributed by atoms with E-state index in [0.717, 1.165) is 42.3 Å². The fraction of sp³-hybridized carbons (Fsp3) is 0.400. The monoisotopic (exact) mass is 466 g/mol. The summed E-state index contributed by atoms with van der Waals surface area (Å²) in [5.74, 6) is -1.21. The van der Waals surface area contributed by atoms with Crippen molar-refractivity contribution in [2.24, 2.45) is 0 Å². The first-order chi connectivity index (χ1) is 16.5. The van der Waals surface area contributed by atoms with Gasteiger partial charge < -0.3 is 9.64 Å². The first-order valence-corrected chi connectivity index (χ1v) is 11.5. The van der Waals surface area contributed by atoms with Gasteiger partial charge in [-0.1, -0.05) is 48.7 Å². The number of nitrogens with zero attached hydrogens (tertiary/aromatic N) is 4. The summed E-state index contributed by atoms with van der Waals surface area (Å²) >= 11 is 0. The first kappa shape index (κ1) is 23.5. The predicted molar refractivity (Wildman–Crippen MR) is 123 cm³/mol. The molecule has 9 heteroatoms. The third kappa shape index (κ3) is 5.84. The van der Waals surface area contributed by atoms with Gasteiger partial charge in [0, 0.05) is 12.6 Å². The van der Waals surface area contributed by atoms with E-state index < -0.39 is 5.97 Å². The minimum Gasteiger partial charge on any atom is -0.456 e. The normalized spacial score (nSPS) is 14.1. The average Bonchev–Trinajstić information content (AvgIpc) is 2.87. The molecule has 2 aromatic carbocycles. The lowest BCUT2D eigenvalue weighted by Crippen LogP contribution is -2.43. The van der Waals surface area contributed by atoms with E-state index in [1.165, 1.54) is 12.1 Å². The van der Waals surface area contributed by atoms with E-state index in [0.29, 0.717) is 17.4 Å². The number of hydrogen-bond donors (Lipinski definition) is 0. The van der Waals surface area contributed by atoms with E-state index in [9.17, 15) is 18.8 Å². The number of aromatic nitrogens is 3. The van der Waals surface area contributed by atoms with Crippen LogP contribution in [0.25, 0.3) is 10.9 Å². The highest BCUT2D eigenvalue weighted by Crippen LogP contribution is 2.24. The summed E-state index contributed by atoms with van der Waals surface area (Å²) in [6.07, 6.45) is 4.90. The Morgan fingerprint density at radius 1 is 1.06 bits per heavy atom. The molecule has 0 bridgehead atoms. The second-order valence-corrected chi connectivity index (χ2v) is 8.49. The van der Waals surface area contributed by atoms with Crippen molar-refractivity contribution in [2.75, 3.05) is 6.61 Å². The van der Waals surface area contributed by atoms with Crippen LogP contribution in [-0.4, -0.2) is 44.4 Å². The van der Waals surface area contributed by atoms with Crippen LogP contribution in [0.15, 0.2) is 53.3 Å². The maximum atomic E-state index is 13.3. The van der Waals surface area contributed by atoms with E-state index in [-0.39, 0.29) is 42.9 Å². The number of fused-ring (bicyclic) bond motifs is 1. The van der Waals surface area contributed by atoms with E-state index >= 15 is 0 Å². The Labute approximate surface area is 196 Å². The molecule has 0 radical (unpaired) electrons. The zero-order chi connectivity index (χ0) is 23.9. The highest BCUT2D eigenvalue weighted by Gasteiger charge is 2.26. The Hall–Kier alpha value is -3.62. The van der Waals surface area contributed by atoms with Crippen molar-refractivity contribution in [3.8, 4) is 0 Å². The molecule has 0 spiro atoms. The number of carbonyl (C=O) groups is 2. The van der Waals surface area contributed by atoms with Crippen molar-refractivity contribution >= 4 is 22.8 Å². The maximum Gasteiger partial charge on any atom is 0.308 e. The minimum atomic E-state index is -0.597. The van der Waals surface area contributed by atoms with Gasteiger partial charge in [0.05, 0.1) is 18.4 Å². The Bertz CT molecular complexity index is 1210. The number of halogens is 1. The SMILES string of the molecule is O=C(CCn1nnc2ccccc2c1=O)OCC(=O)N(Cc1ccc(F)cc1)C1CCCCC1. The zero-order valence-corrected chi connectivity index (χ0v) is 18.9. The van der Waals surface area contributed by atoms with Gasteiger partial charge in [0.1, 0.15) is 11.3 Å². The number of carbonyl (C=O) groups excluding carboxylic acids is 2. The fourth-order valence-corrected chi connectivity index (χ4v) is 4.26. The molecule has 0 unspecified atom stereocenters. The van der Waals surface area contributed by atoms with Crippen molar-refractivity contribution in [3.05, 3.63) is 70.3 Å². The zero-order valence-electron chi connectivity index (χ0n) is 18.9. The molecule has 1 aromatic heterocycles. The van der Waals surface area contributed by atoms with Crippen molar-refractivity contribution in [2.45, 2.75) is 57.7 Å². The van der Waals surface area contributed by atoms with Gasteiger partial charge in [-0.2, -0.15) is 0 Å². The second kappa shape index (κ2) is 11.0. The number of benzene rings is 2. The van der Waals surface area contributed by atoms with Gasteiger partial charge in [0.2, 0.25) is 0 Å². The smallest absolute Gasteiger partial charge is 0.308 e. The average molecular weight is 467 g/mol. The molecule has 4 rings (SSSR count). The van der Waals surface area contributed by atoms with Crippen LogP contribution in [0.4, 0.5) is 4.39 Å². The van der Waals surface area contributed by atoms with Gasteiger partial charge in [0.15, 0.2) is 6.61 Å². The molecule has 1 aliphatic rings. The summed E-state index contributed by atoms with van der Waals surface area (Å²) in [5, 5.41) is 8.27. The van der Waals surface area contributed by atoms with Crippen LogP contribution in [0, 0.1) is 5.82 Å². The van der Waals surface area contributed by atoms with Gasteiger partial charge in [-0.3, -0.25) is 14.4 Å². The number of hydrogen-bond acceptors (Lipinski definition) is 6. The highest BCUT2D eigenvalue weighted by atomic mass is 19.1. The fourth-order valence-electron chi connectivity index (χ4n) is 4.26. The van der Waals surface area contributed by atoms with Gasteiger partial charge in [0.25, 0.3) is 11.5 Å². The number of ether oxygens (including phenoxy) is 1. The summed E-state index contributed by atoms with van der Waals surface area (Å²) in [4.78, 5) is 39.5. The quantitative estimate of drug-likeness (QED) is 0.473. The molecule has 8 nitrogen and oxygen atoms in total.